The van der Waals surface area contributed by atoms with Crippen molar-refractivity contribution in [2.24, 2.45) is 0 Å². The zero-order valence-corrected chi connectivity index (χ0v) is 14.0. The first-order chi connectivity index (χ1) is 11.6. The minimum Gasteiger partial charge on any atom is -0.440 e. The van der Waals surface area contributed by atoms with Gasteiger partial charge in [0, 0.05) is 31.4 Å². The molecule has 126 valence electrons. The van der Waals surface area contributed by atoms with Crippen LogP contribution in [0.5, 0.6) is 0 Å². The summed E-state index contributed by atoms with van der Waals surface area (Å²) in [4.78, 5) is 20.7. The minimum absolute atomic E-state index is 0.0729. The third-order valence-electron chi connectivity index (χ3n) is 3.81. The molecule has 0 atom stereocenters. The van der Waals surface area contributed by atoms with Gasteiger partial charge in [0.2, 0.25) is 11.8 Å². The summed E-state index contributed by atoms with van der Waals surface area (Å²) >= 11 is 0. The number of aryl methyl sites for hydroxylation is 1. The van der Waals surface area contributed by atoms with Crippen LogP contribution in [0.25, 0.3) is 11.1 Å². The van der Waals surface area contributed by atoms with Crippen LogP contribution in [0.1, 0.15) is 37.9 Å². The van der Waals surface area contributed by atoms with Gasteiger partial charge in [-0.15, -0.1) is 0 Å². The first-order valence-electron chi connectivity index (χ1n) is 8.25. The molecule has 24 heavy (non-hydrogen) atoms. The molecular weight excluding hydrogens is 304 g/mol. The van der Waals surface area contributed by atoms with Gasteiger partial charge in [-0.2, -0.15) is 0 Å². The second-order valence-electron chi connectivity index (χ2n) is 6.09. The molecule has 0 fully saturated rings. The Morgan fingerprint density at radius 3 is 2.96 bits per heavy atom. The van der Waals surface area contributed by atoms with Crippen LogP contribution in [-0.2, 0) is 17.8 Å². The summed E-state index contributed by atoms with van der Waals surface area (Å²) in [5.41, 5.74) is 1.49. The van der Waals surface area contributed by atoms with Crippen molar-refractivity contribution >= 4 is 17.0 Å². The summed E-state index contributed by atoms with van der Waals surface area (Å²) in [6.07, 6.45) is 4.82. The lowest BCUT2D eigenvalue weighted by Crippen LogP contribution is -2.27. The van der Waals surface area contributed by atoms with E-state index in [-0.39, 0.29) is 12.3 Å². The van der Waals surface area contributed by atoms with Crippen molar-refractivity contribution in [1.82, 2.24) is 19.9 Å². The smallest absolute Gasteiger partial charge is 0.229 e. The van der Waals surface area contributed by atoms with Crippen LogP contribution in [0.4, 0.5) is 0 Å². The minimum atomic E-state index is -0.0729. The molecule has 0 saturated carbocycles. The van der Waals surface area contributed by atoms with E-state index in [9.17, 15) is 4.79 Å². The van der Waals surface area contributed by atoms with E-state index in [4.69, 9.17) is 4.42 Å². The molecule has 0 aliphatic rings. The van der Waals surface area contributed by atoms with Crippen molar-refractivity contribution in [3.63, 3.8) is 0 Å². The molecule has 0 radical (unpaired) electrons. The molecule has 0 bridgehead atoms. The van der Waals surface area contributed by atoms with Crippen molar-refractivity contribution in [1.29, 1.82) is 0 Å². The fraction of sp³-hybridized carbons (Fsp3) is 0.389. The van der Waals surface area contributed by atoms with Crippen molar-refractivity contribution in [3.05, 3.63) is 48.4 Å². The van der Waals surface area contributed by atoms with Crippen LogP contribution < -0.4 is 5.32 Å². The Balaban J connectivity index is 1.45. The van der Waals surface area contributed by atoms with Crippen LogP contribution in [0.2, 0.25) is 0 Å². The number of hydrogen-bond acceptors (Lipinski definition) is 4. The molecule has 2 aromatic heterocycles. The largest absolute Gasteiger partial charge is 0.440 e. The fourth-order valence-electron chi connectivity index (χ4n) is 2.68. The highest BCUT2D eigenvalue weighted by molar-refractivity contribution is 5.79. The number of aromatic nitrogens is 3. The maximum atomic E-state index is 12.0. The third kappa shape index (κ3) is 3.82. The predicted octanol–water partition coefficient (Wildman–Crippen LogP) is 2.90. The number of rotatable bonds is 7. The van der Waals surface area contributed by atoms with Gasteiger partial charge in [0.25, 0.3) is 0 Å². The lowest BCUT2D eigenvalue weighted by Gasteiger charge is -2.10. The molecule has 1 N–H and O–H groups in total. The molecule has 3 aromatic rings. The second-order valence-corrected chi connectivity index (χ2v) is 6.09. The number of carbonyl (C=O) groups excluding carboxylic acids is 1. The molecule has 0 aliphatic carbocycles. The SMILES string of the molecule is CC(C)c1nccn1CCCNC(=O)Cc1nc2ccccc2o1. The van der Waals surface area contributed by atoms with E-state index < -0.39 is 0 Å². The normalized spacial score (nSPS) is 11.3. The Hall–Kier alpha value is -2.63. The Labute approximate surface area is 140 Å². The quantitative estimate of drug-likeness (QED) is 0.678. The number of nitrogens with one attached hydrogen (secondary N) is 1. The van der Waals surface area contributed by atoms with Crippen molar-refractivity contribution in [2.45, 2.75) is 39.2 Å². The Bertz CT molecular complexity index is 786. The fourth-order valence-corrected chi connectivity index (χ4v) is 2.68. The van der Waals surface area contributed by atoms with E-state index in [1.165, 1.54) is 0 Å². The van der Waals surface area contributed by atoms with E-state index in [2.05, 4.69) is 33.7 Å². The third-order valence-corrected chi connectivity index (χ3v) is 3.81. The van der Waals surface area contributed by atoms with E-state index in [0.717, 1.165) is 24.3 Å². The molecular formula is C18H22N4O2. The zero-order chi connectivity index (χ0) is 16.9. The number of para-hydroxylation sites is 2. The summed E-state index contributed by atoms with van der Waals surface area (Å²) in [6.45, 7) is 5.72. The number of amides is 1. The number of hydrogen-bond donors (Lipinski definition) is 1. The van der Waals surface area contributed by atoms with Gasteiger partial charge in [-0.3, -0.25) is 4.79 Å². The van der Waals surface area contributed by atoms with Gasteiger partial charge in [-0.1, -0.05) is 26.0 Å². The number of benzene rings is 1. The van der Waals surface area contributed by atoms with Crippen LogP contribution in [0.15, 0.2) is 41.1 Å². The van der Waals surface area contributed by atoms with Gasteiger partial charge in [-0.25, -0.2) is 9.97 Å². The standard InChI is InChI=1S/C18H22N4O2/c1-13(2)18-20-9-11-22(18)10-5-8-19-16(23)12-17-21-14-6-3-4-7-15(14)24-17/h3-4,6-7,9,11,13H,5,8,10,12H2,1-2H3,(H,19,23). The average Bonchev–Trinajstić information content (AvgIpc) is 3.17. The second kappa shape index (κ2) is 7.29. The van der Waals surface area contributed by atoms with E-state index in [1.807, 2.05) is 36.7 Å². The van der Waals surface area contributed by atoms with Gasteiger partial charge in [0.15, 0.2) is 5.58 Å². The van der Waals surface area contributed by atoms with Gasteiger partial charge in [0.1, 0.15) is 17.8 Å². The molecule has 1 amide bonds. The highest BCUT2D eigenvalue weighted by Gasteiger charge is 2.10. The molecule has 1 aromatic carbocycles. The van der Waals surface area contributed by atoms with Crippen molar-refractivity contribution < 1.29 is 9.21 Å². The van der Waals surface area contributed by atoms with Gasteiger partial charge in [-0.05, 0) is 18.6 Å². The summed E-state index contributed by atoms with van der Waals surface area (Å²) in [7, 11) is 0. The molecule has 3 rings (SSSR count). The number of oxazole rings is 1. The number of imidazole rings is 1. The Kier molecular flexibility index (Phi) is 4.93. The number of fused-ring (bicyclic) bond motifs is 1. The summed E-state index contributed by atoms with van der Waals surface area (Å²) in [5.74, 6) is 1.85. The zero-order valence-electron chi connectivity index (χ0n) is 14.0. The molecule has 6 heteroatoms. The number of nitrogens with zero attached hydrogens (tertiary/aromatic N) is 3. The lowest BCUT2D eigenvalue weighted by atomic mass is 10.2. The van der Waals surface area contributed by atoms with E-state index in [1.54, 1.807) is 0 Å². The first-order valence-corrected chi connectivity index (χ1v) is 8.25. The van der Waals surface area contributed by atoms with Crippen molar-refractivity contribution in [3.8, 4) is 0 Å². The topological polar surface area (TPSA) is 73.0 Å². The highest BCUT2D eigenvalue weighted by atomic mass is 16.3. The van der Waals surface area contributed by atoms with Crippen LogP contribution in [0, 0.1) is 0 Å². The first kappa shape index (κ1) is 16.2. The van der Waals surface area contributed by atoms with Crippen LogP contribution >= 0.6 is 0 Å². The molecule has 0 aliphatic heterocycles. The molecule has 0 saturated heterocycles. The highest BCUT2D eigenvalue weighted by Crippen LogP contribution is 2.15. The van der Waals surface area contributed by atoms with Gasteiger partial charge < -0.3 is 14.3 Å². The van der Waals surface area contributed by atoms with E-state index >= 15 is 0 Å². The summed E-state index contributed by atoms with van der Waals surface area (Å²) in [6, 6.07) is 7.51. The summed E-state index contributed by atoms with van der Waals surface area (Å²) < 4.78 is 7.70. The Morgan fingerprint density at radius 2 is 2.17 bits per heavy atom. The molecule has 6 nitrogen and oxygen atoms in total. The summed E-state index contributed by atoms with van der Waals surface area (Å²) in [5, 5.41) is 2.91. The van der Waals surface area contributed by atoms with Gasteiger partial charge in [0.05, 0.1) is 0 Å². The van der Waals surface area contributed by atoms with E-state index in [0.29, 0.717) is 23.9 Å². The van der Waals surface area contributed by atoms with Crippen LogP contribution in [-0.4, -0.2) is 27.0 Å². The molecule has 0 spiro atoms. The maximum Gasteiger partial charge on any atom is 0.229 e. The Morgan fingerprint density at radius 1 is 1.33 bits per heavy atom. The average molecular weight is 326 g/mol. The lowest BCUT2D eigenvalue weighted by molar-refractivity contribution is -0.120. The van der Waals surface area contributed by atoms with Crippen LogP contribution in [0.3, 0.4) is 0 Å². The maximum absolute atomic E-state index is 12.0. The molecule has 0 unspecified atom stereocenters. The monoisotopic (exact) mass is 326 g/mol. The number of carbonyl (C=O) groups is 1. The van der Waals surface area contributed by atoms with Crippen molar-refractivity contribution in [2.75, 3.05) is 6.54 Å². The molecule has 2 heterocycles. The predicted molar refractivity (Wildman–Crippen MR) is 91.7 cm³/mol. The van der Waals surface area contributed by atoms with Gasteiger partial charge >= 0.3 is 0 Å².